The largest absolute Gasteiger partial charge is 0.283 e. The predicted octanol–water partition coefficient (Wildman–Crippen LogP) is 4.28. The molecular formula is C15H7Cl2N3OS. The van der Waals surface area contributed by atoms with Crippen molar-refractivity contribution in [1.82, 2.24) is 14.6 Å². The summed E-state index contributed by atoms with van der Waals surface area (Å²) in [6.45, 7) is 0. The number of halogens is 2. The molecule has 0 fully saturated rings. The van der Waals surface area contributed by atoms with E-state index in [1.54, 1.807) is 30.3 Å². The van der Waals surface area contributed by atoms with Crippen LogP contribution in [0.15, 0.2) is 47.3 Å². The summed E-state index contributed by atoms with van der Waals surface area (Å²) < 4.78 is 1.31. The molecule has 4 nitrogen and oxygen atoms in total. The van der Waals surface area contributed by atoms with E-state index in [1.165, 1.54) is 15.9 Å². The summed E-state index contributed by atoms with van der Waals surface area (Å²) >= 11 is 13.5. The van der Waals surface area contributed by atoms with E-state index in [9.17, 15) is 4.79 Å². The van der Waals surface area contributed by atoms with Gasteiger partial charge in [0, 0.05) is 10.6 Å². The standard InChI is InChI=1S/C15H7Cl2N3OS/c16-8-5-6-11(17)10(7-8)13-19-20-14(21)9-3-1-2-4-12(9)18-15(20)22-13/h1-7H. The van der Waals surface area contributed by atoms with Gasteiger partial charge in [-0.25, -0.2) is 4.98 Å². The molecule has 0 aliphatic carbocycles. The molecule has 0 saturated carbocycles. The Hall–Kier alpha value is -1.95. The highest BCUT2D eigenvalue weighted by molar-refractivity contribution is 7.19. The second-order valence-electron chi connectivity index (χ2n) is 4.66. The first kappa shape index (κ1) is 13.7. The van der Waals surface area contributed by atoms with Crippen LogP contribution in [0.25, 0.3) is 26.4 Å². The lowest BCUT2D eigenvalue weighted by Crippen LogP contribution is -2.14. The maximum Gasteiger partial charge on any atom is 0.283 e. The first-order chi connectivity index (χ1) is 10.6. The molecule has 0 atom stereocenters. The summed E-state index contributed by atoms with van der Waals surface area (Å²) in [6.07, 6.45) is 0. The molecule has 0 unspecified atom stereocenters. The summed E-state index contributed by atoms with van der Waals surface area (Å²) in [7, 11) is 0. The molecule has 22 heavy (non-hydrogen) atoms. The van der Waals surface area contributed by atoms with Crippen LogP contribution in [0, 0.1) is 0 Å². The van der Waals surface area contributed by atoms with Gasteiger partial charge in [0.25, 0.3) is 5.56 Å². The van der Waals surface area contributed by atoms with Gasteiger partial charge in [-0.3, -0.25) is 4.79 Å². The summed E-state index contributed by atoms with van der Waals surface area (Å²) in [5, 5.41) is 6.58. The minimum absolute atomic E-state index is 0.193. The number of nitrogens with zero attached hydrogens (tertiary/aromatic N) is 3. The molecule has 4 rings (SSSR count). The smallest absolute Gasteiger partial charge is 0.267 e. The number of benzene rings is 2. The van der Waals surface area contributed by atoms with Crippen molar-refractivity contribution < 1.29 is 0 Å². The minimum atomic E-state index is -0.193. The Bertz CT molecular complexity index is 1090. The van der Waals surface area contributed by atoms with Gasteiger partial charge in [-0.1, -0.05) is 46.7 Å². The SMILES string of the molecule is O=c1c2ccccc2nc2sc(-c3cc(Cl)ccc3Cl)nn12. The maximum absolute atomic E-state index is 12.5. The van der Waals surface area contributed by atoms with Gasteiger partial charge in [0.1, 0.15) is 5.01 Å². The maximum atomic E-state index is 12.5. The van der Waals surface area contributed by atoms with Crippen LogP contribution in [-0.4, -0.2) is 14.6 Å². The molecule has 7 heteroatoms. The van der Waals surface area contributed by atoms with Crippen LogP contribution in [-0.2, 0) is 0 Å². The van der Waals surface area contributed by atoms with Crippen LogP contribution < -0.4 is 5.56 Å². The van der Waals surface area contributed by atoms with E-state index in [2.05, 4.69) is 10.1 Å². The van der Waals surface area contributed by atoms with E-state index in [0.717, 1.165) is 0 Å². The fourth-order valence-electron chi connectivity index (χ4n) is 2.23. The fraction of sp³-hybridized carbons (Fsp3) is 0. The third-order valence-corrected chi connectivity index (χ3v) is 4.77. The number of fused-ring (bicyclic) bond motifs is 2. The molecule has 0 spiro atoms. The summed E-state index contributed by atoms with van der Waals surface area (Å²) in [6, 6.07) is 12.3. The molecule has 0 amide bonds. The average molecular weight is 348 g/mol. The third-order valence-electron chi connectivity index (χ3n) is 3.26. The Morgan fingerprint density at radius 2 is 1.91 bits per heavy atom. The van der Waals surface area contributed by atoms with E-state index in [1.807, 2.05) is 12.1 Å². The van der Waals surface area contributed by atoms with Gasteiger partial charge in [-0.15, -0.1) is 0 Å². The van der Waals surface area contributed by atoms with E-state index in [0.29, 0.717) is 36.5 Å². The fourth-order valence-corrected chi connectivity index (χ4v) is 3.59. The van der Waals surface area contributed by atoms with Gasteiger partial charge in [0.05, 0.1) is 15.9 Å². The van der Waals surface area contributed by atoms with Crippen LogP contribution in [0.5, 0.6) is 0 Å². The lowest BCUT2D eigenvalue weighted by atomic mass is 10.2. The second-order valence-corrected chi connectivity index (χ2v) is 6.46. The zero-order valence-corrected chi connectivity index (χ0v) is 13.3. The molecule has 0 bridgehead atoms. The molecule has 4 aromatic rings. The molecule has 0 aliphatic rings. The van der Waals surface area contributed by atoms with Gasteiger partial charge < -0.3 is 0 Å². The van der Waals surface area contributed by atoms with Crippen molar-refractivity contribution in [2.24, 2.45) is 0 Å². The summed E-state index contributed by atoms with van der Waals surface area (Å²) in [5.41, 5.74) is 1.15. The zero-order valence-electron chi connectivity index (χ0n) is 11.0. The molecule has 0 saturated heterocycles. The molecule has 0 N–H and O–H groups in total. The molecular weight excluding hydrogens is 341 g/mol. The van der Waals surface area contributed by atoms with E-state index in [-0.39, 0.29) is 5.56 Å². The van der Waals surface area contributed by atoms with Crippen molar-refractivity contribution in [3.05, 3.63) is 62.9 Å². The number of hydrogen-bond donors (Lipinski definition) is 0. The molecule has 0 radical (unpaired) electrons. The highest BCUT2D eigenvalue weighted by Crippen LogP contribution is 2.33. The van der Waals surface area contributed by atoms with Gasteiger partial charge in [-0.05, 0) is 30.3 Å². The average Bonchev–Trinajstić information content (AvgIpc) is 2.94. The van der Waals surface area contributed by atoms with Crippen molar-refractivity contribution in [2.75, 3.05) is 0 Å². The van der Waals surface area contributed by atoms with Gasteiger partial charge in [-0.2, -0.15) is 9.61 Å². The molecule has 2 aromatic heterocycles. The monoisotopic (exact) mass is 347 g/mol. The quantitative estimate of drug-likeness (QED) is 0.516. The predicted molar refractivity (Wildman–Crippen MR) is 90.1 cm³/mol. The van der Waals surface area contributed by atoms with Crippen molar-refractivity contribution in [3.8, 4) is 10.6 Å². The van der Waals surface area contributed by atoms with Crippen LogP contribution in [0.4, 0.5) is 0 Å². The Labute approximate surface area is 138 Å². The van der Waals surface area contributed by atoms with Crippen molar-refractivity contribution in [2.45, 2.75) is 0 Å². The van der Waals surface area contributed by atoms with E-state index < -0.39 is 0 Å². The van der Waals surface area contributed by atoms with Crippen LogP contribution in [0.2, 0.25) is 10.0 Å². The minimum Gasteiger partial charge on any atom is -0.267 e. The number of hydrogen-bond acceptors (Lipinski definition) is 4. The van der Waals surface area contributed by atoms with Gasteiger partial charge >= 0.3 is 0 Å². The van der Waals surface area contributed by atoms with Crippen molar-refractivity contribution in [1.29, 1.82) is 0 Å². The normalized spacial score (nSPS) is 11.4. The molecule has 2 aromatic carbocycles. The highest BCUT2D eigenvalue weighted by atomic mass is 35.5. The van der Waals surface area contributed by atoms with Gasteiger partial charge in [0.15, 0.2) is 0 Å². The molecule has 108 valence electrons. The lowest BCUT2D eigenvalue weighted by molar-refractivity contribution is 0.920. The van der Waals surface area contributed by atoms with Crippen molar-refractivity contribution in [3.63, 3.8) is 0 Å². The second kappa shape index (κ2) is 5.05. The topological polar surface area (TPSA) is 47.3 Å². The Morgan fingerprint density at radius 1 is 1.09 bits per heavy atom. The summed E-state index contributed by atoms with van der Waals surface area (Å²) in [5.74, 6) is 0. The first-order valence-corrected chi connectivity index (χ1v) is 7.95. The van der Waals surface area contributed by atoms with E-state index in [4.69, 9.17) is 23.2 Å². The van der Waals surface area contributed by atoms with Crippen molar-refractivity contribution >= 4 is 50.4 Å². The summed E-state index contributed by atoms with van der Waals surface area (Å²) in [4.78, 5) is 17.5. The van der Waals surface area contributed by atoms with Gasteiger partial charge in [0.2, 0.25) is 4.96 Å². The molecule has 0 aliphatic heterocycles. The third kappa shape index (κ3) is 2.09. The Kier molecular flexibility index (Phi) is 3.14. The number of aromatic nitrogens is 3. The number of para-hydroxylation sites is 1. The van der Waals surface area contributed by atoms with Crippen LogP contribution in [0.3, 0.4) is 0 Å². The molecule has 2 heterocycles. The zero-order chi connectivity index (χ0) is 15.3. The van der Waals surface area contributed by atoms with Crippen LogP contribution >= 0.6 is 34.5 Å². The lowest BCUT2D eigenvalue weighted by Gasteiger charge is -1.99. The number of rotatable bonds is 1. The Balaban J connectivity index is 2.05. The Morgan fingerprint density at radius 3 is 2.77 bits per heavy atom. The van der Waals surface area contributed by atoms with E-state index >= 15 is 0 Å². The highest BCUT2D eigenvalue weighted by Gasteiger charge is 2.14. The first-order valence-electron chi connectivity index (χ1n) is 6.37. The van der Waals surface area contributed by atoms with Crippen LogP contribution in [0.1, 0.15) is 0 Å².